The van der Waals surface area contributed by atoms with Crippen LogP contribution in [0.3, 0.4) is 0 Å². The number of halogens is 1. The number of benzene rings is 2. The maximum atomic E-state index is 13.2. The lowest BCUT2D eigenvalue weighted by Gasteiger charge is -2.23. The van der Waals surface area contributed by atoms with Crippen molar-refractivity contribution in [3.8, 4) is 5.75 Å². The van der Waals surface area contributed by atoms with Gasteiger partial charge in [0.15, 0.2) is 0 Å². The van der Waals surface area contributed by atoms with Crippen LogP contribution in [0.5, 0.6) is 5.75 Å². The summed E-state index contributed by atoms with van der Waals surface area (Å²) in [5, 5.41) is 0.118. The van der Waals surface area contributed by atoms with Crippen LogP contribution in [0.25, 0.3) is 0 Å². The van der Waals surface area contributed by atoms with E-state index in [1.54, 1.807) is 31.2 Å². The molecule has 0 saturated heterocycles. The van der Waals surface area contributed by atoms with E-state index in [-0.39, 0.29) is 28.6 Å². The lowest BCUT2D eigenvalue weighted by Crippen LogP contribution is -2.31. The average molecular weight is 410 g/mol. The zero-order valence-corrected chi connectivity index (χ0v) is 16.6. The van der Waals surface area contributed by atoms with E-state index in [9.17, 15) is 13.2 Å². The highest BCUT2D eigenvalue weighted by atomic mass is 35.5. The minimum Gasteiger partial charge on any atom is -0.497 e. The molecule has 27 heavy (non-hydrogen) atoms. The van der Waals surface area contributed by atoms with Gasteiger partial charge in [-0.05, 0) is 49.4 Å². The Balaban J connectivity index is 2.50. The van der Waals surface area contributed by atoms with Crippen LogP contribution < -0.4 is 9.04 Å². The fourth-order valence-corrected chi connectivity index (χ4v) is 4.02. The lowest BCUT2D eigenvalue weighted by molar-refractivity contribution is 0.0526. The molecular weight excluding hydrogens is 390 g/mol. The molecule has 2 aromatic carbocycles. The Morgan fingerprint density at radius 2 is 1.89 bits per heavy atom. The number of carbonyl (C=O) groups is 1. The fraction of sp³-hybridized carbons (Fsp3) is 0.211. The van der Waals surface area contributed by atoms with Crippen LogP contribution in [0, 0.1) is 0 Å². The van der Waals surface area contributed by atoms with Gasteiger partial charge in [-0.2, -0.15) is 0 Å². The Kier molecular flexibility index (Phi) is 6.87. The van der Waals surface area contributed by atoms with Crippen molar-refractivity contribution in [3.05, 3.63) is 65.7 Å². The molecule has 0 atom stereocenters. The Morgan fingerprint density at radius 1 is 1.22 bits per heavy atom. The standard InChI is InChI=1S/C19H20ClNO5S/c1-4-12-21(14-6-8-15(25-3)9-7-14)27(23,24)16-10-11-18(20)17(13-16)19(22)26-5-2/h4,6-11,13H,1,5,12H2,2-3H3. The third-order valence-electron chi connectivity index (χ3n) is 3.68. The third-order valence-corrected chi connectivity index (χ3v) is 5.80. The number of methoxy groups -OCH3 is 1. The number of esters is 1. The fourth-order valence-electron chi connectivity index (χ4n) is 2.37. The predicted molar refractivity (Wildman–Crippen MR) is 105 cm³/mol. The van der Waals surface area contributed by atoms with Gasteiger partial charge in [-0.1, -0.05) is 17.7 Å². The molecule has 0 saturated carbocycles. The molecule has 0 amide bonds. The molecule has 6 nitrogen and oxygen atoms in total. The lowest BCUT2D eigenvalue weighted by atomic mass is 10.2. The summed E-state index contributed by atoms with van der Waals surface area (Å²) in [4.78, 5) is 12.0. The highest BCUT2D eigenvalue weighted by Gasteiger charge is 2.26. The molecule has 0 bridgehead atoms. The molecule has 8 heteroatoms. The number of anilines is 1. The maximum absolute atomic E-state index is 13.2. The van der Waals surface area contributed by atoms with Gasteiger partial charge in [-0.25, -0.2) is 13.2 Å². The first kappa shape index (κ1) is 20.8. The number of nitrogens with zero attached hydrogens (tertiary/aromatic N) is 1. The molecular formula is C19H20ClNO5S. The summed E-state index contributed by atoms with van der Waals surface area (Å²) in [6.07, 6.45) is 1.48. The topological polar surface area (TPSA) is 72.9 Å². The number of ether oxygens (including phenoxy) is 2. The van der Waals surface area contributed by atoms with E-state index in [2.05, 4.69) is 6.58 Å². The van der Waals surface area contributed by atoms with Gasteiger partial charge in [0, 0.05) is 0 Å². The van der Waals surface area contributed by atoms with Crippen molar-refractivity contribution in [2.45, 2.75) is 11.8 Å². The van der Waals surface area contributed by atoms with Crippen molar-refractivity contribution in [2.24, 2.45) is 0 Å². The van der Waals surface area contributed by atoms with Gasteiger partial charge in [-0.3, -0.25) is 4.31 Å². The van der Waals surface area contributed by atoms with Gasteiger partial charge in [0.25, 0.3) is 10.0 Å². The van der Waals surface area contributed by atoms with Crippen molar-refractivity contribution in [2.75, 3.05) is 24.6 Å². The van der Waals surface area contributed by atoms with Gasteiger partial charge in [0.2, 0.25) is 0 Å². The van der Waals surface area contributed by atoms with Crippen LogP contribution in [0.4, 0.5) is 5.69 Å². The molecule has 144 valence electrons. The molecule has 0 N–H and O–H groups in total. The number of rotatable bonds is 8. The van der Waals surface area contributed by atoms with E-state index in [4.69, 9.17) is 21.1 Å². The maximum Gasteiger partial charge on any atom is 0.339 e. The van der Waals surface area contributed by atoms with Crippen LogP contribution >= 0.6 is 11.6 Å². The summed E-state index contributed by atoms with van der Waals surface area (Å²) in [5.41, 5.74) is 0.427. The summed E-state index contributed by atoms with van der Waals surface area (Å²) in [7, 11) is -2.44. The first-order valence-corrected chi connectivity index (χ1v) is 9.91. The molecule has 2 rings (SSSR count). The first-order chi connectivity index (χ1) is 12.8. The summed E-state index contributed by atoms with van der Waals surface area (Å²) in [5.74, 6) is -0.0786. The Morgan fingerprint density at radius 3 is 2.44 bits per heavy atom. The van der Waals surface area contributed by atoms with Crippen molar-refractivity contribution >= 4 is 33.3 Å². The largest absolute Gasteiger partial charge is 0.497 e. The Hall–Kier alpha value is -2.51. The van der Waals surface area contributed by atoms with E-state index >= 15 is 0 Å². The van der Waals surface area contributed by atoms with E-state index < -0.39 is 16.0 Å². The zero-order chi connectivity index (χ0) is 20.0. The summed E-state index contributed by atoms with van der Waals surface area (Å²) >= 11 is 6.03. The quantitative estimate of drug-likeness (QED) is 0.488. The van der Waals surface area contributed by atoms with E-state index in [0.717, 1.165) is 0 Å². The summed E-state index contributed by atoms with van der Waals surface area (Å²) in [6, 6.07) is 10.5. The van der Waals surface area contributed by atoms with Gasteiger partial charge in [0.05, 0.1) is 41.4 Å². The monoisotopic (exact) mass is 409 g/mol. The second-order valence-electron chi connectivity index (χ2n) is 5.38. The molecule has 0 aromatic heterocycles. The third kappa shape index (κ3) is 4.61. The molecule has 0 fully saturated rings. The minimum atomic E-state index is -3.97. The van der Waals surface area contributed by atoms with Gasteiger partial charge in [0.1, 0.15) is 5.75 Å². The molecule has 0 aliphatic heterocycles. The second-order valence-corrected chi connectivity index (χ2v) is 7.65. The first-order valence-electron chi connectivity index (χ1n) is 8.09. The molecule has 2 aromatic rings. The second kappa shape index (κ2) is 8.92. The van der Waals surface area contributed by atoms with Crippen LogP contribution in [0.2, 0.25) is 5.02 Å². The van der Waals surface area contributed by atoms with Crippen molar-refractivity contribution in [3.63, 3.8) is 0 Å². The summed E-state index contributed by atoms with van der Waals surface area (Å²) in [6.45, 7) is 5.48. The number of hydrogen-bond acceptors (Lipinski definition) is 5. The molecule has 0 aliphatic rings. The van der Waals surface area contributed by atoms with Crippen molar-refractivity contribution < 1.29 is 22.7 Å². The molecule has 0 aliphatic carbocycles. The normalized spacial score (nSPS) is 10.9. The van der Waals surface area contributed by atoms with Crippen LogP contribution in [-0.2, 0) is 14.8 Å². The van der Waals surface area contributed by atoms with Crippen LogP contribution in [0.1, 0.15) is 17.3 Å². The number of hydrogen-bond donors (Lipinski definition) is 0. The Labute approximate surface area is 164 Å². The molecule has 0 radical (unpaired) electrons. The van der Waals surface area contributed by atoms with Crippen molar-refractivity contribution in [1.82, 2.24) is 0 Å². The van der Waals surface area contributed by atoms with E-state index in [1.807, 2.05) is 0 Å². The highest BCUT2D eigenvalue weighted by Crippen LogP contribution is 2.28. The smallest absolute Gasteiger partial charge is 0.339 e. The summed E-state index contributed by atoms with van der Waals surface area (Å²) < 4.78 is 37.6. The van der Waals surface area contributed by atoms with Crippen molar-refractivity contribution in [1.29, 1.82) is 0 Å². The van der Waals surface area contributed by atoms with E-state index in [0.29, 0.717) is 11.4 Å². The Bertz CT molecular complexity index is 926. The molecule has 0 unspecified atom stereocenters. The van der Waals surface area contributed by atoms with Crippen LogP contribution in [-0.4, -0.2) is 34.6 Å². The zero-order valence-electron chi connectivity index (χ0n) is 15.0. The van der Waals surface area contributed by atoms with Gasteiger partial charge >= 0.3 is 5.97 Å². The molecule has 0 spiro atoms. The SMILES string of the molecule is C=CCN(c1ccc(OC)cc1)S(=O)(=O)c1ccc(Cl)c(C(=O)OCC)c1. The average Bonchev–Trinajstić information content (AvgIpc) is 2.66. The highest BCUT2D eigenvalue weighted by molar-refractivity contribution is 7.92. The minimum absolute atomic E-state index is 0.00660. The van der Waals surface area contributed by atoms with E-state index in [1.165, 1.54) is 35.7 Å². The van der Waals surface area contributed by atoms with Gasteiger partial charge in [-0.15, -0.1) is 6.58 Å². The predicted octanol–water partition coefficient (Wildman–Crippen LogP) is 3.91. The van der Waals surface area contributed by atoms with Gasteiger partial charge < -0.3 is 9.47 Å². The molecule has 0 heterocycles. The van der Waals surface area contributed by atoms with Crippen LogP contribution in [0.15, 0.2) is 60.0 Å². The number of sulfonamides is 1. The number of carbonyl (C=O) groups excluding carboxylic acids is 1.